The van der Waals surface area contributed by atoms with Crippen molar-refractivity contribution in [3.63, 3.8) is 0 Å². The van der Waals surface area contributed by atoms with E-state index < -0.39 is 0 Å². The maximum absolute atomic E-state index is 4.67. The fourth-order valence-electron chi connectivity index (χ4n) is 5.90. The predicted molar refractivity (Wildman–Crippen MR) is 146 cm³/mol. The van der Waals surface area contributed by atoms with Crippen molar-refractivity contribution < 1.29 is 0 Å². The average molecular weight is 474 g/mol. The van der Waals surface area contributed by atoms with Gasteiger partial charge in [0.1, 0.15) is 11.6 Å². The fourth-order valence-corrected chi connectivity index (χ4v) is 5.90. The van der Waals surface area contributed by atoms with Gasteiger partial charge in [0.2, 0.25) is 0 Å². The Morgan fingerprint density at radius 3 is 1.94 bits per heavy atom. The van der Waals surface area contributed by atoms with Crippen LogP contribution in [0.25, 0.3) is 44.4 Å². The molecule has 2 aromatic heterocycles. The first-order valence-corrected chi connectivity index (χ1v) is 13.3. The normalized spacial score (nSPS) is 18.4. The summed E-state index contributed by atoms with van der Waals surface area (Å²) in [6, 6.07) is 22.6. The Bertz CT molecular complexity index is 1500. The molecule has 2 fully saturated rings. The van der Waals surface area contributed by atoms with E-state index in [0.29, 0.717) is 12.0 Å². The summed E-state index contributed by atoms with van der Waals surface area (Å²) < 4.78 is 0. The molecule has 0 spiro atoms. The van der Waals surface area contributed by atoms with Crippen LogP contribution in [0.2, 0.25) is 0 Å². The number of fused-ring (bicyclic) bond motifs is 1. The maximum atomic E-state index is 4.67. The SMILES string of the molecule is c1cc(-c2cnc(C3CCCC3)[nH]2)ccc1-c1ccc2cc(-c3cnc([C@@H]4CCCN4)[nH]3)ccc2c1. The van der Waals surface area contributed by atoms with Crippen LogP contribution in [0.15, 0.2) is 73.1 Å². The zero-order valence-corrected chi connectivity index (χ0v) is 20.4. The molecule has 7 rings (SSSR count). The van der Waals surface area contributed by atoms with Gasteiger partial charge in [-0.1, -0.05) is 61.4 Å². The van der Waals surface area contributed by atoms with Gasteiger partial charge in [0.25, 0.3) is 0 Å². The van der Waals surface area contributed by atoms with Crippen LogP contribution in [0.5, 0.6) is 0 Å². The van der Waals surface area contributed by atoms with E-state index in [1.165, 1.54) is 65.1 Å². The van der Waals surface area contributed by atoms with Gasteiger partial charge in [-0.2, -0.15) is 0 Å². The molecule has 5 nitrogen and oxygen atoms in total. The summed E-state index contributed by atoms with van der Waals surface area (Å²) in [5, 5.41) is 5.99. The fraction of sp³-hybridized carbons (Fsp3) is 0.290. The second kappa shape index (κ2) is 9.07. The lowest BCUT2D eigenvalue weighted by Crippen LogP contribution is -2.14. The van der Waals surface area contributed by atoms with E-state index in [4.69, 9.17) is 0 Å². The Hall–Kier alpha value is -3.70. The molecule has 1 saturated heterocycles. The van der Waals surface area contributed by atoms with Gasteiger partial charge in [-0.25, -0.2) is 9.97 Å². The Labute approximate surface area is 211 Å². The molecule has 0 radical (unpaired) electrons. The molecule has 5 aromatic rings. The van der Waals surface area contributed by atoms with Crippen LogP contribution in [-0.2, 0) is 0 Å². The minimum absolute atomic E-state index is 0.357. The minimum Gasteiger partial charge on any atom is -0.342 e. The first kappa shape index (κ1) is 21.6. The van der Waals surface area contributed by atoms with Crippen LogP contribution in [0.1, 0.15) is 62.1 Å². The molecule has 1 aliphatic carbocycles. The molecular formula is C31H31N5. The highest BCUT2D eigenvalue weighted by Gasteiger charge is 2.20. The third kappa shape index (κ3) is 4.03. The number of imidazole rings is 2. The van der Waals surface area contributed by atoms with Crippen molar-refractivity contribution in [2.75, 3.05) is 6.54 Å². The molecule has 3 N–H and O–H groups in total. The molecule has 3 heterocycles. The third-order valence-corrected chi connectivity index (χ3v) is 8.00. The lowest BCUT2D eigenvalue weighted by atomic mass is 9.98. The number of benzene rings is 3. The molecule has 180 valence electrons. The van der Waals surface area contributed by atoms with Gasteiger partial charge < -0.3 is 15.3 Å². The van der Waals surface area contributed by atoms with E-state index in [9.17, 15) is 0 Å². The average Bonchev–Trinajstić information content (AvgIpc) is 3.75. The smallest absolute Gasteiger partial charge is 0.123 e. The van der Waals surface area contributed by atoms with Gasteiger partial charge in [0.15, 0.2) is 0 Å². The minimum atomic E-state index is 0.357. The number of nitrogens with zero attached hydrogens (tertiary/aromatic N) is 2. The summed E-state index contributed by atoms with van der Waals surface area (Å²) in [7, 11) is 0. The van der Waals surface area contributed by atoms with Crippen molar-refractivity contribution in [2.45, 2.75) is 50.5 Å². The van der Waals surface area contributed by atoms with Crippen molar-refractivity contribution >= 4 is 10.8 Å². The quantitative estimate of drug-likeness (QED) is 0.250. The van der Waals surface area contributed by atoms with Crippen LogP contribution in [0.3, 0.4) is 0 Å². The number of nitrogens with one attached hydrogen (secondary N) is 3. The highest BCUT2D eigenvalue weighted by atomic mass is 15.0. The largest absolute Gasteiger partial charge is 0.342 e. The summed E-state index contributed by atoms with van der Waals surface area (Å²) in [5.74, 6) is 2.81. The monoisotopic (exact) mass is 473 g/mol. The predicted octanol–water partition coefficient (Wildman–Crippen LogP) is 7.37. The summed E-state index contributed by atoms with van der Waals surface area (Å²) in [5.41, 5.74) is 7.01. The van der Waals surface area contributed by atoms with Crippen molar-refractivity contribution in [3.05, 3.63) is 84.7 Å². The summed E-state index contributed by atoms with van der Waals surface area (Å²) in [6.45, 7) is 1.08. The molecule has 2 aliphatic rings. The zero-order valence-electron chi connectivity index (χ0n) is 20.4. The second-order valence-corrected chi connectivity index (χ2v) is 10.3. The molecule has 5 heteroatoms. The number of aromatic amines is 2. The molecule has 1 aliphatic heterocycles. The molecule has 0 amide bonds. The number of H-pyrrole nitrogens is 2. The molecule has 3 aromatic carbocycles. The highest BCUT2D eigenvalue weighted by Crippen LogP contribution is 2.34. The van der Waals surface area contributed by atoms with Crippen molar-refractivity contribution in [3.8, 4) is 33.6 Å². The molecule has 36 heavy (non-hydrogen) atoms. The van der Waals surface area contributed by atoms with Crippen LogP contribution in [0, 0.1) is 0 Å². The van der Waals surface area contributed by atoms with Gasteiger partial charge in [-0.3, -0.25) is 0 Å². The van der Waals surface area contributed by atoms with E-state index in [1.54, 1.807) is 0 Å². The number of hydrogen-bond acceptors (Lipinski definition) is 3. The topological polar surface area (TPSA) is 69.4 Å². The lowest BCUT2D eigenvalue weighted by molar-refractivity contribution is 0.613. The van der Waals surface area contributed by atoms with Crippen molar-refractivity contribution in [1.82, 2.24) is 25.3 Å². The third-order valence-electron chi connectivity index (χ3n) is 8.00. The van der Waals surface area contributed by atoms with Crippen LogP contribution in [0.4, 0.5) is 0 Å². The van der Waals surface area contributed by atoms with Crippen molar-refractivity contribution in [2.24, 2.45) is 0 Å². The van der Waals surface area contributed by atoms with Crippen LogP contribution in [-0.4, -0.2) is 26.5 Å². The Morgan fingerprint density at radius 2 is 1.19 bits per heavy atom. The Morgan fingerprint density at radius 1 is 0.583 bits per heavy atom. The van der Waals surface area contributed by atoms with Gasteiger partial charge in [-0.05, 0) is 71.8 Å². The highest BCUT2D eigenvalue weighted by molar-refractivity contribution is 5.90. The van der Waals surface area contributed by atoms with E-state index >= 15 is 0 Å². The first-order valence-electron chi connectivity index (χ1n) is 13.3. The zero-order chi connectivity index (χ0) is 23.9. The van der Waals surface area contributed by atoms with Gasteiger partial charge in [0.05, 0.1) is 29.8 Å². The summed E-state index contributed by atoms with van der Waals surface area (Å²) in [6.07, 6.45) is 11.5. The van der Waals surface area contributed by atoms with E-state index in [0.717, 1.165) is 36.0 Å². The Balaban J connectivity index is 1.11. The van der Waals surface area contributed by atoms with Crippen LogP contribution < -0.4 is 5.32 Å². The van der Waals surface area contributed by atoms with Crippen molar-refractivity contribution in [1.29, 1.82) is 0 Å². The van der Waals surface area contributed by atoms with E-state index in [-0.39, 0.29) is 0 Å². The Kier molecular flexibility index (Phi) is 5.43. The molecule has 0 unspecified atom stereocenters. The first-order chi connectivity index (χ1) is 17.8. The maximum Gasteiger partial charge on any atom is 0.123 e. The number of rotatable bonds is 5. The van der Waals surface area contributed by atoms with E-state index in [1.807, 2.05) is 12.4 Å². The van der Waals surface area contributed by atoms with Gasteiger partial charge >= 0.3 is 0 Å². The number of hydrogen-bond donors (Lipinski definition) is 3. The van der Waals surface area contributed by atoms with Crippen LogP contribution >= 0.6 is 0 Å². The second-order valence-electron chi connectivity index (χ2n) is 10.3. The van der Waals surface area contributed by atoms with Gasteiger partial charge in [-0.15, -0.1) is 0 Å². The molecule has 0 bridgehead atoms. The molecular weight excluding hydrogens is 442 g/mol. The van der Waals surface area contributed by atoms with E-state index in [2.05, 4.69) is 85.9 Å². The molecule has 1 saturated carbocycles. The summed E-state index contributed by atoms with van der Waals surface area (Å²) in [4.78, 5) is 16.4. The molecule has 1 atom stereocenters. The lowest BCUT2D eigenvalue weighted by Gasteiger charge is -2.08. The number of aromatic nitrogens is 4. The van der Waals surface area contributed by atoms with Gasteiger partial charge in [0, 0.05) is 11.5 Å². The summed E-state index contributed by atoms with van der Waals surface area (Å²) >= 11 is 0. The standard InChI is InChI=1S/C31H31N5/c1-2-5-22(4-1)30-33-18-28(35-30)21-9-7-20(8-10-21)23-11-12-25-17-26(14-13-24(25)16-23)29-19-34-31(36-29)27-6-3-15-32-27/h7-14,16-19,22,27,32H,1-6,15H2,(H,33,35)(H,34,36)/t27-/m0/s1.